The number of carbonyl (C=O) groups is 4. The SMILES string of the molecule is N#Cc1ccc(-c2ccc(Cl)cc2)nc1SC1CC(=O)N(c2ccc(C(=O)OCC(=O)c3ccc(Br)cc3)cc2)C1=O. The van der Waals surface area contributed by atoms with Crippen molar-refractivity contribution in [3.63, 3.8) is 0 Å². The molecule has 0 radical (unpaired) electrons. The van der Waals surface area contributed by atoms with Crippen LogP contribution < -0.4 is 4.90 Å². The zero-order chi connectivity index (χ0) is 29.8. The number of nitriles is 1. The van der Waals surface area contributed by atoms with Crippen LogP contribution in [0.25, 0.3) is 11.3 Å². The lowest BCUT2D eigenvalue weighted by Gasteiger charge is -2.15. The van der Waals surface area contributed by atoms with Gasteiger partial charge in [-0.2, -0.15) is 5.26 Å². The smallest absolute Gasteiger partial charge is 0.338 e. The Balaban J connectivity index is 1.26. The molecule has 0 aliphatic carbocycles. The van der Waals surface area contributed by atoms with E-state index >= 15 is 0 Å². The van der Waals surface area contributed by atoms with Gasteiger partial charge in [-0.3, -0.25) is 14.4 Å². The Morgan fingerprint density at radius 1 is 0.976 bits per heavy atom. The molecule has 8 nitrogen and oxygen atoms in total. The molecule has 1 aromatic heterocycles. The summed E-state index contributed by atoms with van der Waals surface area (Å²) in [4.78, 5) is 56.6. The number of halogens is 2. The van der Waals surface area contributed by atoms with Crippen molar-refractivity contribution in [1.82, 2.24) is 4.98 Å². The van der Waals surface area contributed by atoms with Crippen LogP contribution in [0.1, 0.15) is 32.7 Å². The molecule has 0 N–H and O–H groups in total. The maximum Gasteiger partial charge on any atom is 0.338 e. The summed E-state index contributed by atoms with van der Waals surface area (Å²) >= 11 is 10.3. The van der Waals surface area contributed by atoms with Gasteiger partial charge in [0.05, 0.1) is 27.8 Å². The number of amides is 2. The Morgan fingerprint density at radius 2 is 1.64 bits per heavy atom. The first-order chi connectivity index (χ1) is 20.2. The van der Waals surface area contributed by atoms with Gasteiger partial charge in [0.1, 0.15) is 11.1 Å². The van der Waals surface area contributed by atoms with Crippen LogP contribution in [-0.4, -0.2) is 40.4 Å². The van der Waals surface area contributed by atoms with Gasteiger partial charge in [-0.05, 0) is 60.7 Å². The van der Waals surface area contributed by atoms with Crippen molar-refractivity contribution in [2.45, 2.75) is 16.7 Å². The van der Waals surface area contributed by atoms with Crippen LogP contribution in [0.5, 0.6) is 0 Å². The minimum Gasteiger partial charge on any atom is -0.454 e. The largest absolute Gasteiger partial charge is 0.454 e. The van der Waals surface area contributed by atoms with Crippen LogP contribution in [0, 0.1) is 11.3 Å². The highest BCUT2D eigenvalue weighted by molar-refractivity contribution is 9.10. The van der Waals surface area contributed by atoms with Crippen LogP contribution >= 0.6 is 39.3 Å². The highest BCUT2D eigenvalue weighted by Gasteiger charge is 2.40. The number of ether oxygens (including phenoxy) is 1. The summed E-state index contributed by atoms with van der Waals surface area (Å²) in [6, 6.07) is 25.0. The van der Waals surface area contributed by atoms with E-state index in [2.05, 4.69) is 27.0 Å². The molecule has 0 spiro atoms. The van der Waals surface area contributed by atoms with Gasteiger partial charge < -0.3 is 4.74 Å². The van der Waals surface area contributed by atoms with E-state index in [0.29, 0.717) is 27.0 Å². The van der Waals surface area contributed by atoms with Crippen LogP contribution in [0.15, 0.2) is 94.4 Å². The lowest BCUT2D eigenvalue weighted by Crippen LogP contribution is -2.31. The lowest BCUT2D eigenvalue weighted by atomic mass is 10.1. The predicted molar refractivity (Wildman–Crippen MR) is 161 cm³/mol. The number of carbonyl (C=O) groups excluding carboxylic acids is 4. The fraction of sp³-hybridized carbons (Fsp3) is 0.0968. The number of pyridine rings is 1. The zero-order valence-electron chi connectivity index (χ0n) is 21.6. The summed E-state index contributed by atoms with van der Waals surface area (Å²) in [6.07, 6.45) is -0.0802. The molecule has 1 aliphatic heterocycles. The Kier molecular flexibility index (Phi) is 8.83. The number of hydrogen-bond acceptors (Lipinski definition) is 8. The topological polar surface area (TPSA) is 117 Å². The number of anilines is 1. The number of thioether (sulfide) groups is 1. The van der Waals surface area contributed by atoms with Crippen LogP contribution in [0.2, 0.25) is 5.02 Å². The summed E-state index contributed by atoms with van der Waals surface area (Å²) in [6.45, 7) is -0.428. The third kappa shape index (κ3) is 6.44. The number of aromatic nitrogens is 1. The number of Topliss-reactive ketones (excluding diaryl/α,β-unsaturated/α-hetero) is 1. The Labute approximate surface area is 258 Å². The highest BCUT2D eigenvalue weighted by atomic mass is 79.9. The van der Waals surface area contributed by atoms with Crippen molar-refractivity contribution < 1.29 is 23.9 Å². The van der Waals surface area contributed by atoms with Gasteiger partial charge in [-0.15, -0.1) is 0 Å². The van der Waals surface area contributed by atoms with Crippen molar-refractivity contribution in [1.29, 1.82) is 5.26 Å². The monoisotopic (exact) mass is 659 g/mol. The minimum absolute atomic E-state index is 0.0802. The third-order valence-electron chi connectivity index (χ3n) is 6.34. The van der Waals surface area contributed by atoms with E-state index in [1.807, 2.05) is 0 Å². The first kappa shape index (κ1) is 29.2. The molecule has 0 saturated carbocycles. The van der Waals surface area contributed by atoms with E-state index in [1.54, 1.807) is 60.7 Å². The average molecular weight is 661 g/mol. The second kappa shape index (κ2) is 12.7. The highest BCUT2D eigenvalue weighted by Crippen LogP contribution is 2.36. The zero-order valence-corrected chi connectivity index (χ0v) is 24.8. The fourth-order valence-electron chi connectivity index (χ4n) is 4.18. The van der Waals surface area contributed by atoms with E-state index in [9.17, 15) is 24.4 Å². The van der Waals surface area contributed by atoms with Gasteiger partial charge in [0.25, 0.3) is 0 Å². The van der Waals surface area contributed by atoms with Crippen molar-refractivity contribution in [2.24, 2.45) is 0 Å². The van der Waals surface area contributed by atoms with Crippen molar-refractivity contribution in [3.8, 4) is 17.3 Å². The van der Waals surface area contributed by atoms with Gasteiger partial charge in [-0.25, -0.2) is 14.7 Å². The van der Waals surface area contributed by atoms with Gasteiger partial charge in [0.15, 0.2) is 12.4 Å². The van der Waals surface area contributed by atoms with E-state index in [-0.39, 0.29) is 23.3 Å². The van der Waals surface area contributed by atoms with Crippen molar-refractivity contribution in [3.05, 3.63) is 111 Å². The molecular weight excluding hydrogens is 642 g/mol. The maximum absolute atomic E-state index is 13.3. The molecule has 1 fully saturated rings. The standard InChI is InChI=1S/C31H19BrClN3O5S/c32-22-8-1-19(2-9-22)26(37)17-41-31(40)20-5-12-24(13-6-20)36-28(38)15-27(30(36)39)42-29-21(16-34)7-14-25(35-29)18-3-10-23(33)11-4-18/h1-14,27H,15,17H2. The number of imide groups is 1. The molecule has 11 heteroatoms. The van der Waals surface area contributed by atoms with E-state index in [4.69, 9.17) is 16.3 Å². The minimum atomic E-state index is -0.785. The third-order valence-corrected chi connectivity index (χ3v) is 8.31. The summed E-state index contributed by atoms with van der Waals surface area (Å²) in [5.41, 5.74) is 2.54. The normalized spacial score (nSPS) is 14.5. The number of rotatable bonds is 8. The van der Waals surface area contributed by atoms with Gasteiger partial charge in [-0.1, -0.05) is 63.6 Å². The molecule has 208 valence electrons. The molecule has 1 unspecified atom stereocenters. The summed E-state index contributed by atoms with van der Waals surface area (Å²) in [5.74, 6) is -1.93. The van der Waals surface area contributed by atoms with Gasteiger partial charge in [0.2, 0.25) is 11.8 Å². The molecule has 1 atom stereocenters. The number of nitrogens with zero attached hydrogens (tertiary/aromatic N) is 3. The molecule has 1 aliphatic rings. The molecule has 0 bridgehead atoms. The molecule has 42 heavy (non-hydrogen) atoms. The summed E-state index contributed by atoms with van der Waals surface area (Å²) < 4.78 is 5.97. The Bertz CT molecular complexity index is 1740. The van der Waals surface area contributed by atoms with Crippen LogP contribution in [-0.2, 0) is 14.3 Å². The Morgan fingerprint density at radius 3 is 2.31 bits per heavy atom. The summed E-state index contributed by atoms with van der Waals surface area (Å²) in [5, 5.41) is 9.74. The first-order valence-electron chi connectivity index (χ1n) is 12.5. The summed E-state index contributed by atoms with van der Waals surface area (Å²) in [7, 11) is 0. The predicted octanol–water partition coefficient (Wildman–Crippen LogP) is 6.50. The van der Waals surface area contributed by atoms with Gasteiger partial charge >= 0.3 is 5.97 Å². The van der Waals surface area contributed by atoms with E-state index in [0.717, 1.165) is 26.7 Å². The number of hydrogen-bond donors (Lipinski definition) is 0. The molecule has 2 heterocycles. The Hall–Kier alpha value is -4.30. The average Bonchev–Trinajstić information content (AvgIpc) is 3.28. The van der Waals surface area contributed by atoms with Crippen molar-refractivity contribution >= 4 is 68.5 Å². The maximum atomic E-state index is 13.3. The van der Waals surface area contributed by atoms with E-state index < -0.39 is 29.6 Å². The van der Waals surface area contributed by atoms with Gasteiger partial charge in [0, 0.05) is 27.0 Å². The number of ketones is 1. The van der Waals surface area contributed by atoms with Crippen molar-refractivity contribution in [2.75, 3.05) is 11.5 Å². The molecule has 3 aromatic carbocycles. The first-order valence-corrected chi connectivity index (χ1v) is 14.5. The number of benzene rings is 3. The quantitative estimate of drug-likeness (QED) is 0.119. The second-order valence-corrected chi connectivity index (χ2v) is 11.6. The second-order valence-electron chi connectivity index (χ2n) is 9.10. The number of esters is 1. The lowest BCUT2D eigenvalue weighted by molar-refractivity contribution is -0.121. The molecule has 5 rings (SSSR count). The fourth-order valence-corrected chi connectivity index (χ4v) is 5.66. The molecule has 1 saturated heterocycles. The van der Waals surface area contributed by atoms with Crippen LogP contribution in [0.4, 0.5) is 5.69 Å². The van der Waals surface area contributed by atoms with E-state index in [1.165, 1.54) is 24.3 Å². The molecular formula is C31H19BrClN3O5S. The molecule has 4 aromatic rings. The van der Waals surface area contributed by atoms with Crippen LogP contribution in [0.3, 0.4) is 0 Å². The molecule has 2 amide bonds.